The van der Waals surface area contributed by atoms with Crippen LogP contribution in [0.5, 0.6) is 0 Å². The third-order valence-corrected chi connectivity index (χ3v) is 2.03. The summed E-state index contributed by atoms with van der Waals surface area (Å²) in [6.45, 7) is 1.46. The average Bonchev–Trinajstić information content (AvgIpc) is 2.24. The van der Waals surface area contributed by atoms with E-state index in [9.17, 15) is 18.0 Å². The minimum Gasteiger partial charge on any atom is -0.398 e. The molecule has 0 unspecified atom stereocenters. The van der Waals surface area contributed by atoms with Crippen molar-refractivity contribution in [1.29, 1.82) is 0 Å². The van der Waals surface area contributed by atoms with Gasteiger partial charge >= 0.3 is 6.18 Å². The number of hydrogen-bond donors (Lipinski definition) is 2. The van der Waals surface area contributed by atoms with Gasteiger partial charge in [-0.05, 0) is 18.2 Å². The van der Waals surface area contributed by atoms with E-state index in [0.717, 1.165) is 12.1 Å². The predicted octanol–water partition coefficient (Wildman–Crippen LogP) is 1.78. The number of nitrogens with one attached hydrogen (secondary N) is 1. The Morgan fingerprint density at radius 1 is 1.44 bits per heavy atom. The molecule has 0 radical (unpaired) electrons. The number of alkyl halides is 3. The maximum absolute atomic E-state index is 12.4. The quantitative estimate of drug-likeness (QED) is 0.594. The minimum absolute atomic E-state index is 0.0415. The number of nitrogen functional groups attached to an aromatic ring is 1. The van der Waals surface area contributed by atoms with Gasteiger partial charge in [0.2, 0.25) is 5.91 Å². The van der Waals surface area contributed by atoms with E-state index in [1.807, 2.05) is 0 Å². The van der Waals surface area contributed by atoms with Crippen LogP contribution in [0.4, 0.5) is 18.9 Å². The molecule has 0 aliphatic heterocycles. The third-order valence-electron chi connectivity index (χ3n) is 2.03. The summed E-state index contributed by atoms with van der Waals surface area (Å²) >= 11 is 0. The molecule has 3 N–H and O–H groups in total. The normalized spacial score (nSPS) is 10.4. The van der Waals surface area contributed by atoms with Crippen LogP contribution >= 0.6 is 0 Å². The highest BCUT2D eigenvalue weighted by Gasteiger charge is 2.30. The fourth-order valence-corrected chi connectivity index (χ4v) is 1.16. The molecular formula is C12H11F3N2O. The molecule has 0 atom stereocenters. The Morgan fingerprint density at radius 2 is 2.11 bits per heavy atom. The fourth-order valence-electron chi connectivity index (χ4n) is 1.16. The van der Waals surface area contributed by atoms with Crippen molar-refractivity contribution in [2.24, 2.45) is 0 Å². The molecule has 1 aromatic carbocycles. The van der Waals surface area contributed by atoms with Gasteiger partial charge in [0.15, 0.2) is 0 Å². The molecule has 0 saturated carbocycles. The van der Waals surface area contributed by atoms with Crippen molar-refractivity contribution in [1.82, 2.24) is 5.32 Å². The Morgan fingerprint density at radius 3 is 2.61 bits per heavy atom. The largest absolute Gasteiger partial charge is 0.416 e. The lowest BCUT2D eigenvalue weighted by molar-refractivity contribution is -0.137. The molecule has 96 valence electrons. The highest BCUT2D eigenvalue weighted by molar-refractivity contribution is 5.73. The van der Waals surface area contributed by atoms with Gasteiger partial charge in [-0.2, -0.15) is 13.2 Å². The van der Waals surface area contributed by atoms with E-state index in [2.05, 4.69) is 17.2 Å². The van der Waals surface area contributed by atoms with Crippen molar-refractivity contribution in [3.63, 3.8) is 0 Å². The fraction of sp³-hybridized carbons (Fsp3) is 0.250. The van der Waals surface area contributed by atoms with E-state index < -0.39 is 11.7 Å². The zero-order valence-corrected chi connectivity index (χ0v) is 9.56. The molecule has 1 rings (SSSR count). The van der Waals surface area contributed by atoms with Crippen LogP contribution in [0, 0.1) is 11.8 Å². The average molecular weight is 256 g/mol. The van der Waals surface area contributed by atoms with Gasteiger partial charge in [-0.15, -0.1) is 0 Å². The van der Waals surface area contributed by atoms with Gasteiger partial charge < -0.3 is 11.1 Å². The first-order chi connectivity index (χ1) is 8.30. The third kappa shape index (κ3) is 4.01. The van der Waals surface area contributed by atoms with Gasteiger partial charge in [-0.3, -0.25) is 4.79 Å². The molecule has 0 spiro atoms. The van der Waals surface area contributed by atoms with Crippen LogP contribution in [-0.2, 0) is 11.0 Å². The molecule has 1 aromatic rings. The Hall–Kier alpha value is -2.16. The van der Waals surface area contributed by atoms with Crippen molar-refractivity contribution in [2.45, 2.75) is 13.1 Å². The van der Waals surface area contributed by atoms with Crippen LogP contribution in [-0.4, -0.2) is 12.5 Å². The monoisotopic (exact) mass is 256 g/mol. The van der Waals surface area contributed by atoms with Gasteiger partial charge in [0, 0.05) is 18.2 Å². The molecule has 0 saturated heterocycles. The number of carbonyl (C=O) groups excluding carboxylic acids is 1. The number of benzene rings is 1. The second-order valence-electron chi connectivity index (χ2n) is 3.51. The van der Waals surface area contributed by atoms with E-state index in [1.165, 1.54) is 13.0 Å². The summed E-state index contributed by atoms with van der Waals surface area (Å²) in [6, 6.07) is 2.96. The van der Waals surface area contributed by atoms with Gasteiger partial charge in [-0.25, -0.2) is 0 Å². The molecule has 0 aliphatic rings. The summed E-state index contributed by atoms with van der Waals surface area (Å²) in [4.78, 5) is 10.5. The molecule has 0 bridgehead atoms. The first-order valence-corrected chi connectivity index (χ1v) is 5.00. The lowest BCUT2D eigenvalue weighted by atomic mass is 10.1. The number of nitrogens with two attached hydrogens (primary N) is 1. The Labute approximate surface area is 102 Å². The smallest absolute Gasteiger partial charge is 0.398 e. The first-order valence-electron chi connectivity index (χ1n) is 5.00. The van der Waals surface area contributed by atoms with Crippen LogP contribution in [0.2, 0.25) is 0 Å². The molecule has 0 aliphatic carbocycles. The first kappa shape index (κ1) is 13.9. The van der Waals surface area contributed by atoms with Crippen molar-refractivity contribution >= 4 is 11.6 Å². The molecule has 0 heterocycles. The molecule has 0 fully saturated rings. The summed E-state index contributed by atoms with van der Waals surface area (Å²) in [5, 5.41) is 2.44. The number of rotatable bonds is 1. The standard InChI is InChI=1S/C12H11F3N2O/c1-8(18)17-6-2-3-9-4-5-10(7-11(9)16)12(13,14)15/h4-5,7H,6,16H2,1H3,(H,17,18). The highest BCUT2D eigenvalue weighted by Crippen LogP contribution is 2.31. The summed E-state index contributed by atoms with van der Waals surface area (Å²) in [5.41, 5.74) is 4.92. The summed E-state index contributed by atoms with van der Waals surface area (Å²) in [6.07, 6.45) is -4.42. The highest BCUT2D eigenvalue weighted by atomic mass is 19.4. The van der Waals surface area contributed by atoms with E-state index in [-0.39, 0.29) is 18.1 Å². The van der Waals surface area contributed by atoms with Crippen LogP contribution in [0.1, 0.15) is 18.1 Å². The van der Waals surface area contributed by atoms with Gasteiger partial charge in [0.25, 0.3) is 0 Å². The maximum atomic E-state index is 12.4. The maximum Gasteiger partial charge on any atom is 0.416 e. The summed E-state index contributed by atoms with van der Waals surface area (Å²) in [7, 11) is 0. The predicted molar refractivity (Wildman–Crippen MR) is 61.4 cm³/mol. The number of carbonyl (C=O) groups is 1. The Bertz CT molecular complexity index is 512. The topological polar surface area (TPSA) is 55.1 Å². The zero-order chi connectivity index (χ0) is 13.8. The Kier molecular flexibility index (Phi) is 4.21. The molecule has 1 amide bonds. The lowest BCUT2D eigenvalue weighted by Gasteiger charge is -2.07. The number of amides is 1. The summed E-state index contributed by atoms with van der Waals surface area (Å²) in [5.74, 6) is 4.95. The van der Waals surface area contributed by atoms with E-state index in [4.69, 9.17) is 5.73 Å². The number of anilines is 1. The second kappa shape index (κ2) is 5.45. The molecular weight excluding hydrogens is 245 g/mol. The SMILES string of the molecule is CC(=O)NCC#Cc1ccc(C(F)(F)F)cc1N. The van der Waals surface area contributed by atoms with Gasteiger partial charge in [0.05, 0.1) is 12.1 Å². The van der Waals surface area contributed by atoms with E-state index in [1.54, 1.807) is 0 Å². The summed E-state index contributed by atoms with van der Waals surface area (Å²) < 4.78 is 37.1. The van der Waals surface area contributed by atoms with Crippen LogP contribution < -0.4 is 11.1 Å². The van der Waals surface area contributed by atoms with Crippen molar-refractivity contribution < 1.29 is 18.0 Å². The van der Waals surface area contributed by atoms with Gasteiger partial charge in [0.1, 0.15) is 0 Å². The van der Waals surface area contributed by atoms with E-state index in [0.29, 0.717) is 5.56 Å². The van der Waals surface area contributed by atoms with Crippen molar-refractivity contribution in [2.75, 3.05) is 12.3 Å². The van der Waals surface area contributed by atoms with Crippen LogP contribution in [0.3, 0.4) is 0 Å². The molecule has 6 heteroatoms. The number of halogens is 3. The van der Waals surface area contributed by atoms with E-state index >= 15 is 0 Å². The van der Waals surface area contributed by atoms with Crippen molar-refractivity contribution in [3.05, 3.63) is 29.3 Å². The molecule has 0 aromatic heterocycles. The molecule has 3 nitrogen and oxygen atoms in total. The zero-order valence-electron chi connectivity index (χ0n) is 9.56. The lowest BCUT2D eigenvalue weighted by Crippen LogP contribution is -2.19. The Balaban J connectivity index is 2.83. The van der Waals surface area contributed by atoms with Gasteiger partial charge in [-0.1, -0.05) is 11.8 Å². The molecule has 18 heavy (non-hydrogen) atoms. The van der Waals surface area contributed by atoms with Crippen molar-refractivity contribution in [3.8, 4) is 11.8 Å². The minimum atomic E-state index is -4.42. The number of hydrogen-bond acceptors (Lipinski definition) is 2. The van der Waals surface area contributed by atoms with Crippen LogP contribution in [0.25, 0.3) is 0 Å². The van der Waals surface area contributed by atoms with Crippen LogP contribution in [0.15, 0.2) is 18.2 Å². The second-order valence-corrected chi connectivity index (χ2v) is 3.51.